The Bertz CT molecular complexity index is 1250. The molecule has 8 N–H and O–H groups in total. The van der Waals surface area contributed by atoms with E-state index in [1.54, 1.807) is 4.90 Å². The van der Waals surface area contributed by atoms with Gasteiger partial charge >= 0.3 is 11.9 Å². The zero-order valence-corrected chi connectivity index (χ0v) is 22.8. The largest absolute Gasteiger partial charge is 0.480 e. The number of hydrogen-bond acceptors (Lipinski definition) is 11. The molecule has 2 aliphatic rings. The van der Waals surface area contributed by atoms with Crippen molar-refractivity contribution >= 4 is 39.8 Å². The van der Waals surface area contributed by atoms with Crippen LogP contribution in [0, 0.1) is 11.8 Å². The Hall–Kier alpha value is -3.00. The molecular weight excluding hydrogens is 542 g/mol. The van der Waals surface area contributed by atoms with Crippen molar-refractivity contribution in [3.63, 3.8) is 0 Å². The Morgan fingerprint density at radius 3 is 2.73 bits per heavy atom. The number of aliphatic carboxylic acids is 2. The summed E-state index contributed by atoms with van der Waals surface area (Å²) >= 11 is 0. The first-order valence-corrected chi connectivity index (χ1v) is 14.9. The minimum absolute atomic E-state index is 0.247. The molecule has 0 radical (unpaired) electrons. The van der Waals surface area contributed by atoms with Crippen LogP contribution in [0.25, 0.3) is 11.2 Å². The van der Waals surface area contributed by atoms with Crippen LogP contribution in [0.15, 0.2) is 12.7 Å². The third kappa shape index (κ3) is 6.65. The van der Waals surface area contributed by atoms with Crippen LogP contribution in [-0.2, 0) is 25.2 Å². The fourth-order valence-electron chi connectivity index (χ4n) is 4.91. The molecule has 0 bridgehead atoms. The Morgan fingerprint density at radius 2 is 2.00 bits per heavy atom. The Labute approximate surface area is 234 Å². The number of carbonyl (C=O) groups is 2. The predicted octanol–water partition coefficient (Wildman–Crippen LogP) is -1.34. The second kappa shape index (κ2) is 13.6. The molecule has 0 saturated carbocycles. The van der Waals surface area contributed by atoms with E-state index < -0.39 is 59.5 Å². The number of aromatic nitrogens is 4. The summed E-state index contributed by atoms with van der Waals surface area (Å²) in [5.41, 5.74) is 12.0. The van der Waals surface area contributed by atoms with Gasteiger partial charge in [0.05, 0.1) is 6.33 Å². The molecule has 2 aromatic heterocycles. The first kappa shape index (κ1) is 30.0. The SMILES string of the molecule is NCCCC#CC[S+](CCC(N)C(=O)O)CC1OC(n2cnc3c(N4CCC[C@H]4C(=O)O)ncnc32)C(O)C1O. The standard InChI is InChI=1S/C25H35N7O7S/c26-8-3-1-2-4-10-40(11-7-15(27)24(35)36)12-17-19(33)20(34)23(39-17)32-14-30-18-21(28-13-29-22(18)32)31-9-5-6-16(31)25(37)38/h13-17,19-20,23,33-34H,1,3,5-12,26-27H2,(H-,35,36,37,38)/p+1/t15?,16-,17?,19?,20?,23?,40?/m0/s1. The molecule has 2 aliphatic heterocycles. The molecule has 0 spiro atoms. The number of anilines is 1. The number of rotatable bonds is 12. The molecule has 0 amide bonds. The smallest absolute Gasteiger partial charge is 0.326 e. The summed E-state index contributed by atoms with van der Waals surface area (Å²) in [5, 5.41) is 40.6. The second-order valence-corrected chi connectivity index (χ2v) is 12.1. The zero-order valence-electron chi connectivity index (χ0n) is 22.0. The summed E-state index contributed by atoms with van der Waals surface area (Å²) in [7, 11) is -0.452. The molecule has 0 aromatic carbocycles. The maximum absolute atomic E-state index is 11.7. The summed E-state index contributed by atoms with van der Waals surface area (Å²) in [6.45, 7) is 1.06. The number of carboxylic acids is 2. The van der Waals surface area contributed by atoms with Gasteiger partial charge in [-0.2, -0.15) is 0 Å². The van der Waals surface area contributed by atoms with Crippen molar-refractivity contribution in [2.75, 3.05) is 35.2 Å². The van der Waals surface area contributed by atoms with Crippen LogP contribution in [0.3, 0.4) is 0 Å². The van der Waals surface area contributed by atoms with E-state index in [0.717, 1.165) is 6.42 Å². The van der Waals surface area contributed by atoms with Crippen molar-refractivity contribution in [2.24, 2.45) is 11.5 Å². The summed E-state index contributed by atoms with van der Waals surface area (Å²) in [6, 6.07) is -1.72. The number of nitrogens with zero attached hydrogens (tertiary/aromatic N) is 5. The third-order valence-electron chi connectivity index (χ3n) is 7.10. The second-order valence-electron chi connectivity index (χ2n) is 9.86. The molecule has 218 valence electrons. The van der Waals surface area contributed by atoms with Crippen LogP contribution in [0.4, 0.5) is 5.82 Å². The highest BCUT2D eigenvalue weighted by Gasteiger charge is 2.47. The highest BCUT2D eigenvalue weighted by atomic mass is 32.2. The van der Waals surface area contributed by atoms with Gasteiger partial charge in [-0.3, -0.25) is 9.36 Å². The van der Waals surface area contributed by atoms with Gasteiger partial charge in [0.2, 0.25) is 0 Å². The average molecular weight is 579 g/mol. The first-order chi connectivity index (χ1) is 19.2. The van der Waals surface area contributed by atoms with Gasteiger partial charge in [-0.15, -0.1) is 0 Å². The zero-order chi connectivity index (χ0) is 28.8. The monoisotopic (exact) mass is 578 g/mol. The number of fused-ring (bicyclic) bond motifs is 1. The molecule has 4 rings (SSSR count). The summed E-state index contributed by atoms with van der Waals surface area (Å²) in [6.07, 6.45) is 1.39. The lowest BCUT2D eigenvalue weighted by molar-refractivity contribution is -0.139. The van der Waals surface area contributed by atoms with Gasteiger partial charge in [0, 0.05) is 30.3 Å². The van der Waals surface area contributed by atoms with E-state index in [1.165, 1.54) is 17.2 Å². The van der Waals surface area contributed by atoms with Gasteiger partial charge in [0.1, 0.15) is 48.2 Å². The third-order valence-corrected chi connectivity index (χ3v) is 9.27. The number of nitrogens with two attached hydrogens (primary N) is 2. The lowest BCUT2D eigenvalue weighted by Gasteiger charge is -2.22. The molecule has 40 heavy (non-hydrogen) atoms. The normalized spacial score (nSPS) is 26.0. The number of ether oxygens (including phenoxy) is 1. The Balaban J connectivity index is 1.51. The number of carboxylic acid groups (broad SMARTS) is 2. The van der Waals surface area contributed by atoms with Gasteiger partial charge in [0.25, 0.3) is 0 Å². The fraction of sp³-hybridized carbons (Fsp3) is 0.640. The maximum Gasteiger partial charge on any atom is 0.326 e. The fourth-order valence-corrected chi connectivity index (χ4v) is 6.97. The average Bonchev–Trinajstić information content (AvgIpc) is 3.65. The van der Waals surface area contributed by atoms with E-state index in [4.69, 9.17) is 16.2 Å². The topological polar surface area (TPSA) is 223 Å². The van der Waals surface area contributed by atoms with E-state index in [0.29, 0.717) is 66.6 Å². The lowest BCUT2D eigenvalue weighted by atomic mass is 10.1. The van der Waals surface area contributed by atoms with E-state index in [9.17, 15) is 30.0 Å². The Morgan fingerprint density at radius 1 is 1.20 bits per heavy atom. The quantitative estimate of drug-likeness (QED) is 0.0976. The molecule has 4 heterocycles. The van der Waals surface area contributed by atoms with Crippen LogP contribution in [0.5, 0.6) is 0 Å². The van der Waals surface area contributed by atoms with Crippen molar-refractivity contribution in [3.05, 3.63) is 12.7 Å². The van der Waals surface area contributed by atoms with E-state index in [2.05, 4.69) is 26.8 Å². The molecular formula is C25H36N7O7S+. The maximum atomic E-state index is 11.7. The molecule has 6 unspecified atom stereocenters. The number of hydrogen-bond donors (Lipinski definition) is 6. The minimum Gasteiger partial charge on any atom is -0.480 e. The predicted molar refractivity (Wildman–Crippen MR) is 148 cm³/mol. The van der Waals surface area contributed by atoms with Crippen LogP contribution in [0.1, 0.15) is 38.3 Å². The first-order valence-electron chi connectivity index (χ1n) is 13.2. The molecule has 2 fully saturated rings. The Kier molecular flexibility index (Phi) is 10.2. The van der Waals surface area contributed by atoms with E-state index >= 15 is 0 Å². The van der Waals surface area contributed by atoms with Crippen LogP contribution >= 0.6 is 0 Å². The van der Waals surface area contributed by atoms with Crippen molar-refractivity contribution in [1.82, 2.24) is 19.5 Å². The molecule has 2 aromatic rings. The summed E-state index contributed by atoms with van der Waals surface area (Å²) in [4.78, 5) is 37.7. The van der Waals surface area contributed by atoms with E-state index in [1.807, 2.05) is 0 Å². The van der Waals surface area contributed by atoms with Crippen LogP contribution < -0.4 is 16.4 Å². The van der Waals surface area contributed by atoms with Gasteiger partial charge < -0.3 is 41.5 Å². The van der Waals surface area contributed by atoms with Crippen molar-refractivity contribution in [2.45, 2.75) is 68.7 Å². The number of aliphatic hydroxyl groups is 2. The van der Waals surface area contributed by atoms with Crippen LogP contribution in [0.2, 0.25) is 0 Å². The van der Waals surface area contributed by atoms with Crippen molar-refractivity contribution in [1.29, 1.82) is 0 Å². The van der Waals surface area contributed by atoms with Gasteiger partial charge in [-0.1, -0.05) is 5.92 Å². The lowest BCUT2D eigenvalue weighted by Crippen LogP contribution is -2.38. The van der Waals surface area contributed by atoms with Crippen LogP contribution in [-0.4, -0.2) is 113 Å². The molecule has 0 aliphatic carbocycles. The summed E-state index contributed by atoms with van der Waals surface area (Å²) in [5.74, 6) is 5.89. The van der Waals surface area contributed by atoms with Gasteiger partial charge in [0.15, 0.2) is 29.0 Å². The molecule has 2 saturated heterocycles. The molecule has 14 nitrogen and oxygen atoms in total. The minimum atomic E-state index is -1.29. The van der Waals surface area contributed by atoms with Crippen molar-refractivity contribution in [3.8, 4) is 11.8 Å². The number of aliphatic hydroxyl groups excluding tert-OH is 2. The highest BCUT2D eigenvalue weighted by molar-refractivity contribution is 7.97. The molecule has 7 atom stereocenters. The summed E-state index contributed by atoms with van der Waals surface area (Å²) < 4.78 is 7.66. The van der Waals surface area contributed by atoms with Crippen molar-refractivity contribution < 1.29 is 34.8 Å². The van der Waals surface area contributed by atoms with E-state index in [-0.39, 0.29) is 6.42 Å². The van der Waals surface area contributed by atoms with Gasteiger partial charge in [-0.25, -0.2) is 19.7 Å². The number of imidazole rings is 1. The van der Waals surface area contributed by atoms with Gasteiger partial charge in [-0.05, 0) is 31.7 Å². The number of unbranched alkanes of at least 4 members (excludes halogenated alkanes) is 1. The molecule has 15 heteroatoms. The highest BCUT2D eigenvalue weighted by Crippen LogP contribution is 2.35.